The second-order valence-corrected chi connectivity index (χ2v) is 4.82. The topological polar surface area (TPSA) is 76.3 Å². The van der Waals surface area contributed by atoms with Crippen molar-refractivity contribution in [2.24, 2.45) is 5.84 Å². The summed E-state index contributed by atoms with van der Waals surface area (Å²) in [4.78, 5) is 11.8. The van der Waals surface area contributed by atoms with Gasteiger partial charge in [0.15, 0.2) is 0 Å². The van der Waals surface area contributed by atoms with Crippen molar-refractivity contribution in [3.8, 4) is 0 Å². The maximum absolute atomic E-state index is 5.39. The molecular formula is C11H17N5OS. The van der Waals surface area contributed by atoms with Gasteiger partial charge >= 0.3 is 0 Å². The maximum Gasteiger partial charge on any atom is 0.240 e. The number of ether oxygens (including phenoxy) is 1. The van der Waals surface area contributed by atoms with Crippen molar-refractivity contribution in [1.82, 2.24) is 9.97 Å². The number of nitrogens with zero attached hydrogens (tertiary/aromatic N) is 3. The number of nitrogens with two attached hydrogens (primary N) is 1. The van der Waals surface area contributed by atoms with Crippen LogP contribution in [0.2, 0.25) is 0 Å². The average molecular weight is 267 g/mol. The van der Waals surface area contributed by atoms with Crippen LogP contribution in [0.1, 0.15) is 6.42 Å². The van der Waals surface area contributed by atoms with Crippen molar-refractivity contribution in [2.45, 2.75) is 6.42 Å². The van der Waals surface area contributed by atoms with E-state index in [-0.39, 0.29) is 0 Å². The van der Waals surface area contributed by atoms with Crippen LogP contribution < -0.4 is 16.2 Å². The van der Waals surface area contributed by atoms with Crippen LogP contribution in [-0.2, 0) is 4.74 Å². The van der Waals surface area contributed by atoms with Gasteiger partial charge in [0.25, 0.3) is 0 Å². The fraction of sp³-hybridized carbons (Fsp3) is 0.455. The first-order chi connectivity index (χ1) is 8.76. The molecule has 3 N–H and O–H groups in total. The Morgan fingerprint density at radius 3 is 3.06 bits per heavy atom. The highest BCUT2D eigenvalue weighted by Gasteiger charge is 2.11. The van der Waals surface area contributed by atoms with Gasteiger partial charge in [-0.15, -0.1) is 11.3 Å². The van der Waals surface area contributed by atoms with Crippen molar-refractivity contribution in [1.29, 1.82) is 0 Å². The number of aromatic nitrogens is 2. The molecule has 0 radical (unpaired) electrons. The van der Waals surface area contributed by atoms with Crippen LogP contribution in [0.25, 0.3) is 10.2 Å². The van der Waals surface area contributed by atoms with Gasteiger partial charge in [-0.2, -0.15) is 4.98 Å². The summed E-state index contributed by atoms with van der Waals surface area (Å²) in [6.07, 6.45) is 0.952. The Morgan fingerprint density at radius 2 is 2.33 bits per heavy atom. The van der Waals surface area contributed by atoms with E-state index in [1.807, 2.05) is 18.5 Å². The Balaban J connectivity index is 2.27. The van der Waals surface area contributed by atoms with E-state index in [4.69, 9.17) is 10.6 Å². The molecule has 2 heterocycles. The molecule has 98 valence electrons. The summed E-state index contributed by atoms with van der Waals surface area (Å²) in [6, 6.07) is 2.03. The van der Waals surface area contributed by atoms with Crippen molar-refractivity contribution in [3.63, 3.8) is 0 Å². The molecule has 0 aliphatic heterocycles. The average Bonchev–Trinajstić information content (AvgIpc) is 2.85. The van der Waals surface area contributed by atoms with Crippen LogP contribution in [0.15, 0.2) is 11.4 Å². The Labute approximate surface area is 110 Å². The van der Waals surface area contributed by atoms with Gasteiger partial charge < -0.3 is 9.64 Å². The predicted octanol–water partition coefficient (Wildman–Crippen LogP) is 1.45. The molecule has 0 bridgehead atoms. The van der Waals surface area contributed by atoms with Crippen molar-refractivity contribution >= 4 is 33.3 Å². The molecule has 7 heteroatoms. The molecule has 2 aromatic rings. The first kappa shape index (κ1) is 13.0. The first-order valence-electron chi connectivity index (χ1n) is 5.68. The lowest BCUT2D eigenvalue weighted by Gasteiger charge is -2.19. The molecule has 0 fully saturated rings. The van der Waals surface area contributed by atoms with Gasteiger partial charge in [0.05, 0.1) is 5.39 Å². The summed E-state index contributed by atoms with van der Waals surface area (Å²) in [7, 11) is 3.72. The van der Waals surface area contributed by atoms with Gasteiger partial charge in [-0.1, -0.05) is 0 Å². The smallest absolute Gasteiger partial charge is 0.240 e. The molecule has 0 unspecified atom stereocenters. The quantitative estimate of drug-likeness (QED) is 0.469. The zero-order valence-electron chi connectivity index (χ0n) is 10.5. The van der Waals surface area contributed by atoms with Gasteiger partial charge in [-0.3, -0.25) is 5.43 Å². The number of nitrogens with one attached hydrogen (secondary N) is 1. The van der Waals surface area contributed by atoms with E-state index >= 15 is 0 Å². The molecule has 2 aromatic heterocycles. The number of nitrogen functional groups attached to an aromatic ring is 1. The van der Waals surface area contributed by atoms with Crippen molar-refractivity contribution in [2.75, 3.05) is 37.6 Å². The summed E-state index contributed by atoms with van der Waals surface area (Å²) < 4.78 is 5.06. The minimum atomic E-state index is 0.443. The Kier molecular flexibility index (Phi) is 4.29. The molecule has 0 amide bonds. The number of rotatable bonds is 6. The Morgan fingerprint density at radius 1 is 1.50 bits per heavy atom. The van der Waals surface area contributed by atoms with Crippen LogP contribution in [0.3, 0.4) is 0 Å². The lowest BCUT2D eigenvalue weighted by Crippen LogP contribution is -2.22. The van der Waals surface area contributed by atoms with Crippen LogP contribution in [0.5, 0.6) is 0 Å². The maximum atomic E-state index is 5.39. The van der Waals surface area contributed by atoms with E-state index in [0.717, 1.165) is 35.6 Å². The molecule has 0 spiro atoms. The highest BCUT2D eigenvalue weighted by Crippen LogP contribution is 2.28. The number of methoxy groups -OCH3 is 1. The van der Waals surface area contributed by atoms with E-state index in [2.05, 4.69) is 20.3 Å². The summed E-state index contributed by atoms with van der Waals surface area (Å²) in [6.45, 7) is 1.62. The minimum Gasteiger partial charge on any atom is -0.385 e. The lowest BCUT2D eigenvalue weighted by molar-refractivity contribution is 0.196. The molecule has 2 rings (SSSR count). The molecule has 0 aliphatic carbocycles. The van der Waals surface area contributed by atoms with E-state index in [1.165, 1.54) is 0 Å². The van der Waals surface area contributed by atoms with Crippen molar-refractivity contribution in [3.05, 3.63) is 11.4 Å². The molecule has 0 atom stereocenters. The lowest BCUT2D eigenvalue weighted by atomic mass is 10.3. The number of hydrazine groups is 1. The van der Waals surface area contributed by atoms with Crippen LogP contribution in [-0.4, -0.2) is 37.3 Å². The summed E-state index contributed by atoms with van der Waals surface area (Å²) in [5.41, 5.74) is 2.50. The Bertz CT molecular complexity index is 515. The molecule has 0 aromatic carbocycles. The van der Waals surface area contributed by atoms with Crippen LogP contribution in [0.4, 0.5) is 11.8 Å². The normalized spacial score (nSPS) is 10.8. The summed E-state index contributed by atoms with van der Waals surface area (Å²) >= 11 is 1.58. The highest BCUT2D eigenvalue weighted by atomic mass is 32.1. The van der Waals surface area contributed by atoms with Gasteiger partial charge in [0.1, 0.15) is 10.6 Å². The predicted molar refractivity (Wildman–Crippen MR) is 75.0 cm³/mol. The van der Waals surface area contributed by atoms with Crippen molar-refractivity contribution < 1.29 is 4.74 Å². The minimum absolute atomic E-state index is 0.443. The number of fused-ring (bicyclic) bond motifs is 1. The third kappa shape index (κ3) is 2.69. The molecule has 0 saturated heterocycles. The first-order valence-corrected chi connectivity index (χ1v) is 6.56. The SMILES string of the molecule is COCCCN(C)c1nc(NN)nc2sccc12. The molecule has 18 heavy (non-hydrogen) atoms. The van der Waals surface area contributed by atoms with E-state index in [1.54, 1.807) is 18.4 Å². The number of hydrogen-bond acceptors (Lipinski definition) is 7. The fourth-order valence-corrected chi connectivity index (χ4v) is 2.51. The van der Waals surface area contributed by atoms with Crippen LogP contribution in [0, 0.1) is 0 Å². The zero-order chi connectivity index (χ0) is 13.0. The fourth-order valence-electron chi connectivity index (χ4n) is 1.75. The Hall–Kier alpha value is -1.44. The van der Waals surface area contributed by atoms with Gasteiger partial charge in [-0.05, 0) is 17.9 Å². The zero-order valence-corrected chi connectivity index (χ0v) is 11.3. The van der Waals surface area contributed by atoms with Gasteiger partial charge in [-0.25, -0.2) is 10.8 Å². The molecule has 0 aliphatic rings. The number of thiophene rings is 1. The standard InChI is InChI=1S/C11H17N5OS/c1-16(5-3-6-17-2)9-8-4-7-18-10(8)14-11(13-9)15-12/h4,7H,3,5-6,12H2,1-2H3,(H,13,14,15). The monoisotopic (exact) mass is 267 g/mol. The largest absolute Gasteiger partial charge is 0.385 e. The molecule has 6 nitrogen and oxygen atoms in total. The third-order valence-corrected chi connectivity index (χ3v) is 3.44. The van der Waals surface area contributed by atoms with E-state index < -0.39 is 0 Å². The third-order valence-electron chi connectivity index (χ3n) is 2.64. The van der Waals surface area contributed by atoms with E-state index in [0.29, 0.717) is 5.95 Å². The molecular weight excluding hydrogens is 250 g/mol. The molecule has 0 saturated carbocycles. The second kappa shape index (κ2) is 5.94. The second-order valence-electron chi connectivity index (χ2n) is 3.92. The van der Waals surface area contributed by atoms with Gasteiger partial charge in [0, 0.05) is 27.3 Å². The number of anilines is 2. The highest BCUT2D eigenvalue weighted by molar-refractivity contribution is 7.16. The number of hydrogen-bond donors (Lipinski definition) is 2. The van der Waals surface area contributed by atoms with E-state index in [9.17, 15) is 0 Å². The van der Waals surface area contributed by atoms with Gasteiger partial charge in [0.2, 0.25) is 5.95 Å². The van der Waals surface area contributed by atoms with Crippen LogP contribution >= 0.6 is 11.3 Å². The summed E-state index contributed by atoms with van der Waals surface area (Å²) in [5.74, 6) is 6.73. The summed E-state index contributed by atoms with van der Waals surface area (Å²) in [5, 5.41) is 3.06.